The first kappa shape index (κ1) is 13.7. The number of carbonyl (C=O) groups excluding carboxylic acids is 1. The quantitative estimate of drug-likeness (QED) is 0.933. The minimum atomic E-state index is -0.0831. The molecule has 0 aliphatic carbocycles. The van der Waals surface area contributed by atoms with Crippen molar-refractivity contribution in [2.45, 2.75) is 19.1 Å². The van der Waals surface area contributed by atoms with Gasteiger partial charge in [-0.1, -0.05) is 18.2 Å². The molecule has 4 nitrogen and oxygen atoms in total. The zero-order valence-corrected chi connectivity index (χ0v) is 12.1. The summed E-state index contributed by atoms with van der Waals surface area (Å²) in [5.74, 6) is 0.683. The molecule has 0 fully saturated rings. The number of hydrogen-bond acceptors (Lipinski definition) is 3. The average Bonchev–Trinajstić information content (AvgIpc) is 2.86. The van der Waals surface area contributed by atoms with Gasteiger partial charge in [0, 0.05) is 6.07 Å². The summed E-state index contributed by atoms with van der Waals surface area (Å²) in [7, 11) is 0. The highest BCUT2D eigenvalue weighted by atomic mass is 32.2. The highest BCUT2D eigenvalue weighted by molar-refractivity contribution is 7.99. The SMILES string of the molecule is CS[C@H](C)C(=O)Nc1ccnn1-c1ccccc1C. The molecule has 0 aliphatic rings. The second kappa shape index (κ2) is 5.93. The van der Waals surface area contributed by atoms with Crippen LogP contribution in [0.25, 0.3) is 5.69 Å². The highest BCUT2D eigenvalue weighted by Crippen LogP contribution is 2.19. The fourth-order valence-electron chi connectivity index (χ4n) is 1.73. The molecule has 1 atom stereocenters. The minimum Gasteiger partial charge on any atom is -0.310 e. The number of hydrogen-bond donors (Lipinski definition) is 1. The highest BCUT2D eigenvalue weighted by Gasteiger charge is 2.14. The van der Waals surface area contributed by atoms with Gasteiger partial charge in [-0.15, -0.1) is 0 Å². The fourth-order valence-corrected chi connectivity index (χ4v) is 2.00. The molecule has 2 rings (SSSR count). The molecule has 0 saturated heterocycles. The number of thioether (sulfide) groups is 1. The van der Waals surface area contributed by atoms with E-state index in [0.29, 0.717) is 5.82 Å². The molecule has 0 bridgehead atoms. The zero-order valence-electron chi connectivity index (χ0n) is 11.3. The second-order valence-electron chi connectivity index (χ2n) is 4.28. The van der Waals surface area contributed by atoms with Crippen LogP contribution in [0.2, 0.25) is 0 Å². The van der Waals surface area contributed by atoms with Gasteiger partial charge in [-0.05, 0) is 31.7 Å². The predicted octanol–water partition coefficient (Wildman–Crippen LogP) is 2.87. The van der Waals surface area contributed by atoms with Crippen molar-refractivity contribution in [3.8, 4) is 5.69 Å². The summed E-state index contributed by atoms with van der Waals surface area (Å²) in [6.45, 7) is 3.90. The molecule has 0 saturated carbocycles. The molecule has 0 spiro atoms. The van der Waals surface area contributed by atoms with Crippen LogP contribution in [0.4, 0.5) is 5.82 Å². The van der Waals surface area contributed by atoms with Gasteiger partial charge in [-0.3, -0.25) is 4.79 Å². The lowest BCUT2D eigenvalue weighted by atomic mass is 10.2. The predicted molar refractivity (Wildman–Crippen MR) is 79.9 cm³/mol. The Labute approximate surface area is 117 Å². The van der Waals surface area contributed by atoms with Crippen molar-refractivity contribution < 1.29 is 4.79 Å². The van der Waals surface area contributed by atoms with Crippen molar-refractivity contribution in [3.05, 3.63) is 42.1 Å². The number of rotatable bonds is 4. The smallest absolute Gasteiger partial charge is 0.238 e. The number of anilines is 1. The molecular formula is C14H17N3OS. The van der Waals surface area contributed by atoms with E-state index in [2.05, 4.69) is 10.4 Å². The van der Waals surface area contributed by atoms with Gasteiger partial charge in [0.25, 0.3) is 0 Å². The van der Waals surface area contributed by atoms with E-state index < -0.39 is 0 Å². The molecular weight excluding hydrogens is 258 g/mol. The Morgan fingerprint density at radius 2 is 2.11 bits per heavy atom. The van der Waals surface area contributed by atoms with E-state index in [0.717, 1.165) is 11.3 Å². The molecule has 1 amide bonds. The topological polar surface area (TPSA) is 46.9 Å². The van der Waals surface area contributed by atoms with E-state index in [1.165, 1.54) is 11.8 Å². The van der Waals surface area contributed by atoms with Gasteiger partial charge in [0.15, 0.2) is 0 Å². The third-order valence-corrected chi connectivity index (χ3v) is 3.88. The van der Waals surface area contributed by atoms with Gasteiger partial charge in [-0.2, -0.15) is 16.9 Å². The Hall–Kier alpha value is -1.75. The molecule has 0 unspecified atom stereocenters. The maximum absolute atomic E-state index is 11.9. The first-order valence-corrected chi connectivity index (χ1v) is 7.36. The third kappa shape index (κ3) is 2.98. The molecule has 1 N–H and O–H groups in total. The van der Waals surface area contributed by atoms with E-state index in [-0.39, 0.29) is 11.2 Å². The Morgan fingerprint density at radius 1 is 1.37 bits per heavy atom. The molecule has 0 radical (unpaired) electrons. The van der Waals surface area contributed by atoms with E-state index in [9.17, 15) is 4.79 Å². The van der Waals surface area contributed by atoms with Crippen molar-refractivity contribution in [1.29, 1.82) is 0 Å². The Balaban J connectivity index is 2.28. The third-order valence-electron chi connectivity index (χ3n) is 2.96. The Morgan fingerprint density at radius 3 is 2.79 bits per heavy atom. The molecule has 100 valence electrons. The van der Waals surface area contributed by atoms with Gasteiger partial charge < -0.3 is 5.32 Å². The van der Waals surface area contributed by atoms with Crippen LogP contribution in [-0.4, -0.2) is 27.2 Å². The summed E-state index contributed by atoms with van der Waals surface area (Å²) >= 11 is 1.52. The number of para-hydroxylation sites is 1. The number of amides is 1. The monoisotopic (exact) mass is 275 g/mol. The van der Waals surface area contributed by atoms with Gasteiger partial charge in [0.1, 0.15) is 5.82 Å². The lowest BCUT2D eigenvalue weighted by molar-refractivity contribution is -0.115. The molecule has 1 heterocycles. The van der Waals surface area contributed by atoms with Crippen LogP contribution in [0.1, 0.15) is 12.5 Å². The van der Waals surface area contributed by atoms with Gasteiger partial charge in [0.2, 0.25) is 5.91 Å². The van der Waals surface area contributed by atoms with E-state index in [4.69, 9.17) is 0 Å². The first-order chi connectivity index (χ1) is 9.13. The fraction of sp³-hybridized carbons (Fsp3) is 0.286. The van der Waals surface area contributed by atoms with Crippen LogP contribution in [0.15, 0.2) is 36.5 Å². The minimum absolute atomic E-state index is 0.0113. The van der Waals surface area contributed by atoms with Gasteiger partial charge in [-0.25, -0.2) is 4.68 Å². The average molecular weight is 275 g/mol. The van der Waals surface area contributed by atoms with Crippen molar-refractivity contribution in [2.24, 2.45) is 0 Å². The van der Waals surface area contributed by atoms with Crippen molar-refractivity contribution in [2.75, 3.05) is 11.6 Å². The van der Waals surface area contributed by atoms with Crippen molar-refractivity contribution in [1.82, 2.24) is 9.78 Å². The van der Waals surface area contributed by atoms with E-state index in [1.807, 2.05) is 44.4 Å². The molecule has 1 aromatic heterocycles. The number of aryl methyl sites for hydroxylation is 1. The van der Waals surface area contributed by atoms with Gasteiger partial charge >= 0.3 is 0 Å². The molecule has 5 heteroatoms. The van der Waals surface area contributed by atoms with Crippen LogP contribution in [-0.2, 0) is 4.79 Å². The number of carbonyl (C=O) groups is 1. The van der Waals surface area contributed by atoms with Crippen LogP contribution in [0.5, 0.6) is 0 Å². The van der Waals surface area contributed by atoms with Gasteiger partial charge in [0.05, 0.1) is 17.1 Å². The van der Waals surface area contributed by atoms with Crippen molar-refractivity contribution >= 4 is 23.5 Å². The second-order valence-corrected chi connectivity index (χ2v) is 5.46. The molecule has 2 aromatic rings. The van der Waals surface area contributed by atoms with Crippen molar-refractivity contribution in [3.63, 3.8) is 0 Å². The summed E-state index contributed by atoms with van der Waals surface area (Å²) in [5.41, 5.74) is 2.08. The first-order valence-electron chi connectivity index (χ1n) is 6.07. The molecule has 1 aromatic carbocycles. The number of nitrogens with zero attached hydrogens (tertiary/aromatic N) is 2. The van der Waals surface area contributed by atoms with Crippen LogP contribution >= 0.6 is 11.8 Å². The number of aromatic nitrogens is 2. The largest absolute Gasteiger partial charge is 0.310 e. The number of nitrogens with one attached hydrogen (secondary N) is 1. The maximum atomic E-state index is 11.9. The van der Waals surface area contributed by atoms with Crippen LogP contribution in [0, 0.1) is 6.92 Å². The summed E-state index contributed by atoms with van der Waals surface area (Å²) in [5, 5.41) is 7.11. The Bertz CT molecular complexity index is 580. The zero-order chi connectivity index (χ0) is 13.8. The lowest BCUT2D eigenvalue weighted by Gasteiger charge is -2.13. The Kier molecular flexibility index (Phi) is 4.27. The van der Waals surface area contributed by atoms with Crippen LogP contribution < -0.4 is 5.32 Å². The summed E-state index contributed by atoms with van der Waals surface area (Å²) in [6.07, 6.45) is 3.61. The molecule has 0 aliphatic heterocycles. The normalized spacial score (nSPS) is 12.2. The summed E-state index contributed by atoms with van der Waals surface area (Å²) in [4.78, 5) is 11.9. The summed E-state index contributed by atoms with van der Waals surface area (Å²) in [6, 6.07) is 9.75. The van der Waals surface area contributed by atoms with Crippen LogP contribution in [0.3, 0.4) is 0 Å². The lowest BCUT2D eigenvalue weighted by Crippen LogP contribution is -2.23. The van der Waals surface area contributed by atoms with E-state index >= 15 is 0 Å². The van der Waals surface area contributed by atoms with E-state index in [1.54, 1.807) is 16.9 Å². The standard InChI is InChI=1S/C14H17N3OS/c1-10-6-4-5-7-12(10)17-13(8-9-15-17)16-14(18)11(2)19-3/h4-9,11H,1-3H3,(H,16,18)/t11-/m1/s1. The summed E-state index contributed by atoms with van der Waals surface area (Å²) < 4.78 is 1.75. The molecule has 19 heavy (non-hydrogen) atoms. The maximum Gasteiger partial charge on any atom is 0.238 e. The number of benzene rings is 1.